The zero-order valence-corrected chi connectivity index (χ0v) is 12.4. The quantitative estimate of drug-likeness (QED) is 0.879. The number of ether oxygens (including phenoxy) is 3. The maximum Gasteiger partial charge on any atom is 0.231 e. The van der Waals surface area contributed by atoms with Crippen molar-refractivity contribution in [2.45, 2.75) is 6.54 Å². The summed E-state index contributed by atoms with van der Waals surface area (Å²) in [5.74, 6) is 2.36. The van der Waals surface area contributed by atoms with Crippen LogP contribution in [0.1, 0.15) is 11.1 Å². The lowest BCUT2D eigenvalue weighted by Gasteiger charge is -2.10. The Bertz CT molecular complexity index is 672. The average molecular weight is 301 g/mol. The van der Waals surface area contributed by atoms with Gasteiger partial charge in [0.25, 0.3) is 0 Å². The van der Waals surface area contributed by atoms with Crippen LogP contribution >= 0.6 is 12.2 Å². The van der Waals surface area contributed by atoms with E-state index in [1.54, 1.807) is 7.11 Å². The van der Waals surface area contributed by atoms with Crippen molar-refractivity contribution in [2.24, 2.45) is 0 Å². The first-order valence-corrected chi connectivity index (χ1v) is 6.98. The lowest BCUT2D eigenvalue weighted by Crippen LogP contribution is -2.21. The van der Waals surface area contributed by atoms with E-state index in [4.69, 9.17) is 26.4 Å². The molecule has 0 saturated heterocycles. The molecule has 108 valence electrons. The SMILES string of the molecule is COc1cccc(C(=S)NCc2ccc3c(c2)OCO3)c1. The highest BCUT2D eigenvalue weighted by molar-refractivity contribution is 7.80. The summed E-state index contributed by atoms with van der Waals surface area (Å²) in [6.07, 6.45) is 0. The molecule has 0 spiro atoms. The van der Waals surface area contributed by atoms with Gasteiger partial charge in [-0.05, 0) is 29.8 Å². The predicted molar refractivity (Wildman–Crippen MR) is 84.1 cm³/mol. The summed E-state index contributed by atoms with van der Waals surface area (Å²) in [4.78, 5) is 0.687. The molecule has 0 radical (unpaired) electrons. The Morgan fingerprint density at radius 2 is 2.05 bits per heavy atom. The lowest BCUT2D eigenvalue weighted by molar-refractivity contribution is 0.174. The molecule has 0 fully saturated rings. The van der Waals surface area contributed by atoms with Crippen LogP contribution in [0.15, 0.2) is 42.5 Å². The van der Waals surface area contributed by atoms with E-state index in [2.05, 4.69) is 5.32 Å². The number of benzene rings is 2. The van der Waals surface area contributed by atoms with Crippen LogP contribution in [0, 0.1) is 0 Å². The van der Waals surface area contributed by atoms with E-state index < -0.39 is 0 Å². The summed E-state index contributed by atoms with van der Waals surface area (Å²) in [6, 6.07) is 13.5. The Morgan fingerprint density at radius 1 is 1.19 bits per heavy atom. The minimum Gasteiger partial charge on any atom is -0.497 e. The number of methoxy groups -OCH3 is 1. The Morgan fingerprint density at radius 3 is 2.90 bits per heavy atom. The second kappa shape index (κ2) is 6.01. The molecule has 0 saturated carbocycles. The van der Waals surface area contributed by atoms with Gasteiger partial charge in [-0.1, -0.05) is 30.4 Å². The van der Waals surface area contributed by atoms with E-state index in [-0.39, 0.29) is 6.79 Å². The van der Waals surface area contributed by atoms with E-state index in [1.807, 2.05) is 42.5 Å². The lowest BCUT2D eigenvalue weighted by atomic mass is 10.2. The van der Waals surface area contributed by atoms with Gasteiger partial charge in [0.05, 0.1) is 7.11 Å². The number of fused-ring (bicyclic) bond motifs is 1. The Hall–Kier alpha value is -2.27. The second-order valence-electron chi connectivity index (χ2n) is 4.60. The van der Waals surface area contributed by atoms with Gasteiger partial charge >= 0.3 is 0 Å². The molecular weight excluding hydrogens is 286 g/mol. The Labute approximate surface area is 128 Å². The minimum absolute atomic E-state index is 0.286. The number of thiocarbonyl (C=S) groups is 1. The normalized spacial score (nSPS) is 12.0. The molecular formula is C16H15NO3S. The smallest absolute Gasteiger partial charge is 0.231 e. The molecule has 2 aromatic carbocycles. The van der Waals surface area contributed by atoms with Crippen LogP contribution in [0.4, 0.5) is 0 Å². The fourth-order valence-electron chi connectivity index (χ4n) is 2.10. The summed E-state index contributed by atoms with van der Waals surface area (Å²) in [5.41, 5.74) is 2.02. The monoisotopic (exact) mass is 301 g/mol. The van der Waals surface area contributed by atoms with Crippen molar-refractivity contribution in [3.05, 3.63) is 53.6 Å². The molecule has 5 heteroatoms. The van der Waals surface area contributed by atoms with Gasteiger partial charge in [0.1, 0.15) is 10.7 Å². The van der Waals surface area contributed by atoms with Crippen molar-refractivity contribution in [3.63, 3.8) is 0 Å². The number of hydrogen-bond acceptors (Lipinski definition) is 4. The highest BCUT2D eigenvalue weighted by Crippen LogP contribution is 2.32. The zero-order valence-electron chi connectivity index (χ0n) is 11.6. The molecule has 0 bridgehead atoms. The van der Waals surface area contributed by atoms with Gasteiger partial charge < -0.3 is 19.5 Å². The molecule has 21 heavy (non-hydrogen) atoms. The molecule has 1 aliphatic rings. The van der Waals surface area contributed by atoms with Crippen LogP contribution in [0.3, 0.4) is 0 Å². The van der Waals surface area contributed by atoms with Crippen molar-refractivity contribution in [1.29, 1.82) is 0 Å². The van der Waals surface area contributed by atoms with Gasteiger partial charge in [0, 0.05) is 12.1 Å². The van der Waals surface area contributed by atoms with Crippen molar-refractivity contribution in [1.82, 2.24) is 5.32 Å². The summed E-state index contributed by atoms with van der Waals surface area (Å²) < 4.78 is 15.9. The molecule has 1 aliphatic heterocycles. The first kappa shape index (κ1) is 13.7. The summed E-state index contributed by atoms with van der Waals surface area (Å²) in [7, 11) is 1.64. The molecule has 3 rings (SSSR count). The molecule has 0 aliphatic carbocycles. The van der Waals surface area contributed by atoms with E-state index in [9.17, 15) is 0 Å². The fraction of sp³-hybridized carbons (Fsp3) is 0.188. The first-order chi connectivity index (χ1) is 10.3. The van der Waals surface area contributed by atoms with Gasteiger partial charge in [-0.3, -0.25) is 0 Å². The number of hydrogen-bond donors (Lipinski definition) is 1. The number of nitrogens with one attached hydrogen (secondary N) is 1. The minimum atomic E-state index is 0.286. The summed E-state index contributed by atoms with van der Waals surface area (Å²) >= 11 is 5.40. The van der Waals surface area contributed by atoms with Gasteiger partial charge in [0.15, 0.2) is 11.5 Å². The summed E-state index contributed by atoms with van der Waals surface area (Å²) in [5, 5.41) is 3.24. The van der Waals surface area contributed by atoms with Gasteiger partial charge in [0.2, 0.25) is 6.79 Å². The van der Waals surface area contributed by atoms with E-state index in [0.29, 0.717) is 11.5 Å². The molecule has 0 atom stereocenters. The van der Waals surface area contributed by atoms with Crippen LogP contribution in [0.2, 0.25) is 0 Å². The van der Waals surface area contributed by atoms with Gasteiger partial charge in [-0.15, -0.1) is 0 Å². The molecule has 1 N–H and O–H groups in total. The first-order valence-electron chi connectivity index (χ1n) is 6.57. The highest BCUT2D eigenvalue weighted by atomic mass is 32.1. The fourth-order valence-corrected chi connectivity index (χ4v) is 2.30. The zero-order chi connectivity index (χ0) is 14.7. The topological polar surface area (TPSA) is 39.7 Å². The van der Waals surface area contributed by atoms with E-state index in [1.165, 1.54) is 0 Å². The molecule has 0 aromatic heterocycles. The predicted octanol–water partition coefficient (Wildman–Crippen LogP) is 2.89. The highest BCUT2D eigenvalue weighted by Gasteiger charge is 2.13. The molecule has 0 amide bonds. The van der Waals surface area contributed by atoms with Crippen LogP contribution in [0.25, 0.3) is 0 Å². The maximum absolute atomic E-state index is 5.40. The van der Waals surface area contributed by atoms with Gasteiger partial charge in [-0.2, -0.15) is 0 Å². The van der Waals surface area contributed by atoms with Crippen molar-refractivity contribution in [2.75, 3.05) is 13.9 Å². The molecule has 1 heterocycles. The third kappa shape index (κ3) is 3.08. The largest absolute Gasteiger partial charge is 0.497 e. The van der Waals surface area contributed by atoms with Crippen molar-refractivity contribution < 1.29 is 14.2 Å². The van der Waals surface area contributed by atoms with Crippen LogP contribution in [0.5, 0.6) is 17.2 Å². The van der Waals surface area contributed by atoms with Crippen LogP contribution in [-0.4, -0.2) is 18.9 Å². The standard InChI is InChI=1S/C16H15NO3S/c1-18-13-4-2-3-12(8-13)16(21)17-9-11-5-6-14-15(7-11)20-10-19-14/h2-8H,9-10H2,1H3,(H,17,21). The second-order valence-corrected chi connectivity index (χ2v) is 5.01. The number of rotatable bonds is 4. The molecule has 4 nitrogen and oxygen atoms in total. The van der Waals surface area contributed by atoms with E-state index in [0.717, 1.165) is 28.4 Å². The van der Waals surface area contributed by atoms with E-state index >= 15 is 0 Å². The van der Waals surface area contributed by atoms with Crippen LogP contribution in [-0.2, 0) is 6.54 Å². The summed E-state index contributed by atoms with van der Waals surface area (Å²) in [6.45, 7) is 0.918. The van der Waals surface area contributed by atoms with Gasteiger partial charge in [-0.25, -0.2) is 0 Å². The van der Waals surface area contributed by atoms with Crippen molar-refractivity contribution in [3.8, 4) is 17.2 Å². The third-order valence-corrected chi connectivity index (χ3v) is 3.60. The molecule has 0 unspecified atom stereocenters. The Kier molecular flexibility index (Phi) is 3.92. The Balaban J connectivity index is 1.65. The maximum atomic E-state index is 5.40. The van der Waals surface area contributed by atoms with Crippen molar-refractivity contribution >= 4 is 17.2 Å². The van der Waals surface area contributed by atoms with Crippen LogP contribution < -0.4 is 19.5 Å². The third-order valence-electron chi connectivity index (χ3n) is 3.22. The molecule has 2 aromatic rings. The average Bonchev–Trinajstić information content (AvgIpc) is 3.00.